The third-order valence-electron chi connectivity index (χ3n) is 2.86. The zero-order valence-electron chi connectivity index (χ0n) is 12.0. The minimum absolute atomic E-state index is 0.237. The van der Waals surface area contributed by atoms with Gasteiger partial charge in [0.05, 0.1) is 25.5 Å². The molecule has 0 saturated heterocycles. The van der Waals surface area contributed by atoms with Gasteiger partial charge in [-0.05, 0) is 30.5 Å². The van der Waals surface area contributed by atoms with Crippen molar-refractivity contribution in [3.8, 4) is 11.5 Å². The van der Waals surface area contributed by atoms with Crippen LogP contribution in [0.3, 0.4) is 0 Å². The SMILES string of the molecule is COc1ccc(OC)c(NC(=O)c2cccnc2SC)c1. The van der Waals surface area contributed by atoms with Crippen molar-refractivity contribution < 1.29 is 14.3 Å². The Morgan fingerprint density at radius 3 is 2.71 bits per heavy atom. The van der Waals surface area contributed by atoms with E-state index < -0.39 is 0 Å². The van der Waals surface area contributed by atoms with Gasteiger partial charge in [-0.3, -0.25) is 4.79 Å². The number of hydrogen-bond acceptors (Lipinski definition) is 5. The number of aromatic nitrogens is 1. The number of thioether (sulfide) groups is 1. The summed E-state index contributed by atoms with van der Waals surface area (Å²) in [6.45, 7) is 0. The van der Waals surface area contributed by atoms with Gasteiger partial charge in [-0.25, -0.2) is 4.98 Å². The molecule has 21 heavy (non-hydrogen) atoms. The van der Waals surface area contributed by atoms with E-state index in [2.05, 4.69) is 10.3 Å². The zero-order valence-corrected chi connectivity index (χ0v) is 12.9. The Bertz CT molecular complexity index is 647. The zero-order chi connectivity index (χ0) is 15.2. The number of nitrogens with one attached hydrogen (secondary N) is 1. The number of hydrogen-bond donors (Lipinski definition) is 1. The van der Waals surface area contributed by atoms with Crippen LogP contribution in [-0.2, 0) is 0 Å². The normalized spacial score (nSPS) is 10.0. The molecule has 5 nitrogen and oxygen atoms in total. The highest BCUT2D eigenvalue weighted by Crippen LogP contribution is 2.29. The van der Waals surface area contributed by atoms with E-state index in [4.69, 9.17) is 9.47 Å². The molecule has 1 N–H and O–H groups in total. The second-order valence-corrected chi connectivity index (χ2v) is 4.88. The predicted octanol–water partition coefficient (Wildman–Crippen LogP) is 3.07. The Balaban J connectivity index is 2.30. The molecule has 1 heterocycles. The first kappa shape index (κ1) is 15.2. The van der Waals surface area contributed by atoms with E-state index in [9.17, 15) is 4.79 Å². The van der Waals surface area contributed by atoms with Crippen LogP contribution in [0.15, 0.2) is 41.6 Å². The highest BCUT2D eigenvalue weighted by atomic mass is 32.2. The first-order valence-electron chi connectivity index (χ1n) is 6.22. The summed E-state index contributed by atoms with van der Waals surface area (Å²) >= 11 is 1.42. The van der Waals surface area contributed by atoms with Gasteiger partial charge in [0.15, 0.2) is 0 Å². The molecule has 0 bridgehead atoms. The van der Waals surface area contributed by atoms with Crippen molar-refractivity contribution in [2.75, 3.05) is 25.8 Å². The minimum atomic E-state index is -0.237. The van der Waals surface area contributed by atoms with Crippen LogP contribution in [0.25, 0.3) is 0 Å². The van der Waals surface area contributed by atoms with Crippen molar-refractivity contribution in [3.63, 3.8) is 0 Å². The fraction of sp³-hybridized carbons (Fsp3) is 0.200. The van der Waals surface area contributed by atoms with Crippen molar-refractivity contribution in [2.24, 2.45) is 0 Å². The molecule has 1 aromatic carbocycles. The van der Waals surface area contributed by atoms with E-state index in [1.807, 2.05) is 6.26 Å². The van der Waals surface area contributed by atoms with E-state index in [-0.39, 0.29) is 5.91 Å². The van der Waals surface area contributed by atoms with E-state index in [1.165, 1.54) is 11.8 Å². The number of amides is 1. The summed E-state index contributed by atoms with van der Waals surface area (Å²) in [5.41, 5.74) is 1.08. The standard InChI is InChI=1S/C15H16N2O3S/c1-19-10-6-7-13(20-2)12(9-10)17-14(18)11-5-4-8-16-15(11)21-3/h4-9H,1-3H3,(H,17,18). The Morgan fingerprint density at radius 1 is 1.24 bits per heavy atom. The van der Waals surface area contributed by atoms with E-state index >= 15 is 0 Å². The average molecular weight is 304 g/mol. The molecule has 2 rings (SSSR count). The first-order valence-corrected chi connectivity index (χ1v) is 7.44. The summed E-state index contributed by atoms with van der Waals surface area (Å²) in [5.74, 6) is 0.972. The molecule has 0 atom stereocenters. The number of carbonyl (C=O) groups excluding carboxylic acids is 1. The lowest BCUT2D eigenvalue weighted by Crippen LogP contribution is -2.14. The lowest BCUT2D eigenvalue weighted by molar-refractivity contribution is 0.102. The van der Waals surface area contributed by atoms with Gasteiger partial charge >= 0.3 is 0 Å². The van der Waals surface area contributed by atoms with Crippen LogP contribution in [0.1, 0.15) is 10.4 Å². The molecule has 0 saturated carbocycles. The predicted molar refractivity (Wildman–Crippen MR) is 83.5 cm³/mol. The number of rotatable bonds is 5. The second-order valence-electron chi connectivity index (χ2n) is 4.08. The number of anilines is 1. The third kappa shape index (κ3) is 3.46. The van der Waals surface area contributed by atoms with Gasteiger partial charge in [0.1, 0.15) is 16.5 Å². The van der Waals surface area contributed by atoms with Gasteiger partial charge in [0, 0.05) is 12.3 Å². The number of pyridine rings is 1. The number of nitrogens with zero attached hydrogens (tertiary/aromatic N) is 1. The molecule has 1 aromatic heterocycles. The van der Waals surface area contributed by atoms with Crippen molar-refractivity contribution in [1.29, 1.82) is 0 Å². The van der Waals surface area contributed by atoms with Crippen molar-refractivity contribution in [2.45, 2.75) is 5.03 Å². The number of methoxy groups -OCH3 is 2. The molecular formula is C15H16N2O3S. The summed E-state index contributed by atoms with van der Waals surface area (Å²) in [6, 6.07) is 8.70. The molecule has 0 aliphatic heterocycles. The summed E-state index contributed by atoms with van der Waals surface area (Å²) < 4.78 is 10.4. The molecule has 0 fully saturated rings. The van der Waals surface area contributed by atoms with Crippen LogP contribution in [0.2, 0.25) is 0 Å². The largest absolute Gasteiger partial charge is 0.497 e. The quantitative estimate of drug-likeness (QED) is 0.860. The van der Waals surface area contributed by atoms with Gasteiger partial charge in [0.2, 0.25) is 0 Å². The first-order chi connectivity index (χ1) is 10.2. The van der Waals surface area contributed by atoms with Crippen LogP contribution in [0, 0.1) is 0 Å². The van der Waals surface area contributed by atoms with E-state index in [0.717, 1.165) is 0 Å². The van der Waals surface area contributed by atoms with Crippen LogP contribution in [0.4, 0.5) is 5.69 Å². The molecular weight excluding hydrogens is 288 g/mol. The molecule has 6 heteroatoms. The minimum Gasteiger partial charge on any atom is -0.497 e. The molecule has 0 radical (unpaired) electrons. The van der Waals surface area contributed by atoms with Crippen LogP contribution in [0.5, 0.6) is 11.5 Å². The number of carbonyl (C=O) groups is 1. The number of benzene rings is 1. The summed E-state index contributed by atoms with van der Waals surface area (Å²) in [5, 5.41) is 3.51. The van der Waals surface area contributed by atoms with Gasteiger partial charge in [-0.2, -0.15) is 0 Å². The Hall–Kier alpha value is -2.21. The fourth-order valence-corrected chi connectivity index (χ4v) is 2.37. The highest BCUT2D eigenvalue weighted by Gasteiger charge is 2.14. The van der Waals surface area contributed by atoms with Crippen molar-refractivity contribution in [3.05, 3.63) is 42.1 Å². The molecule has 110 valence electrons. The van der Waals surface area contributed by atoms with Crippen molar-refractivity contribution >= 4 is 23.4 Å². The molecule has 0 aliphatic carbocycles. The lowest BCUT2D eigenvalue weighted by Gasteiger charge is -2.12. The monoisotopic (exact) mass is 304 g/mol. The van der Waals surface area contributed by atoms with Crippen LogP contribution < -0.4 is 14.8 Å². The van der Waals surface area contributed by atoms with Gasteiger partial charge in [-0.1, -0.05) is 0 Å². The summed E-state index contributed by atoms with van der Waals surface area (Å²) in [4.78, 5) is 16.6. The topological polar surface area (TPSA) is 60.5 Å². The van der Waals surface area contributed by atoms with Gasteiger partial charge in [-0.15, -0.1) is 11.8 Å². The van der Waals surface area contributed by atoms with Crippen LogP contribution >= 0.6 is 11.8 Å². The highest BCUT2D eigenvalue weighted by molar-refractivity contribution is 7.98. The molecule has 0 unspecified atom stereocenters. The molecule has 1 amide bonds. The smallest absolute Gasteiger partial charge is 0.258 e. The van der Waals surface area contributed by atoms with Gasteiger partial charge < -0.3 is 14.8 Å². The second kappa shape index (κ2) is 6.99. The van der Waals surface area contributed by atoms with Gasteiger partial charge in [0.25, 0.3) is 5.91 Å². The molecule has 0 aliphatic rings. The summed E-state index contributed by atoms with van der Waals surface area (Å²) in [6.07, 6.45) is 3.54. The molecule has 0 spiro atoms. The number of ether oxygens (including phenoxy) is 2. The molecule has 2 aromatic rings. The Labute approximate surface area is 127 Å². The maximum absolute atomic E-state index is 12.4. The maximum atomic E-state index is 12.4. The third-order valence-corrected chi connectivity index (χ3v) is 3.58. The Kier molecular flexibility index (Phi) is 5.05. The lowest BCUT2D eigenvalue weighted by atomic mass is 10.2. The Morgan fingerprint density at radius 2 is 2.05 bits per heavy atom. The van der Waals surface area contributed by atoms with E-state index in [0.29, 0.717) is 27.8 Å². The van der Waals surface area contributed by atoms with Crippen molar-refractivity contribution in [1.82, 2.24) is 4.98 Å². The fourth-order valence-electron chi connectivity index (χ4n) is 1.83. The average Bonchev–Trinajstić information content (AvgIpc) is 2.54. The summed E-state index contributed by atoms with van der Waals surface area (Å²) in [7, 11) is 3.12. The van der Waals surface area contributed by atoms with Crippen LogP contribution in [-0.4, -0.2) is 31.4 Å². The maximum Gasteiger partial charge on any atom is 0.258 e. The van der Waals surface area contributed by atoms with E-state index in [1.54, 1.807) is 50.7 Å².